The van der Waals surface area contributed by atoms with Gasteiger partial charge in [-0.2, -0.15) is 5.26 Å². The zero-order valence-corrected chi connectivity index (χ0v) is 10.9. The Morgan fingerprint density at radius 1 is 1.39 bits per heavy atom. The van der Waals surface area contributed by atoms with E-state index in [0.29, 0.717) is 12.1 Å². The molecular weight excluding hydrogens is 228 g/mol. The van der Waals surface area contributed by atoms with Gasteiger partial charge < -0.3 is 10.1 Å². The maximum absolute atomic E-state index is 11.3. The van der Waals surface area contributed by atoms with Gasteiger partial charge in [-0.3, -0.25) is 4.79 Å². The molecule has 0 radical (unpaired) electrons. The number of methoxy groups -OCH3 is 1. The van der Waals surface area contributed by atoms with E-state index in [-0.39, 0.29) is 17.9 Å². The molecule has 4 heteroatoms. The van der Waals surface area contributed by atoms with Gasteiger partial charge in [0.2, 0.25) is 0 Å². The fourth-order valence-corrected chi connectivity index (χ4v) is 1.54. The first-order chi connectivity index (χ1) is 8.58. The van der Waals surface area contributed by atoms with E-state index >= 15 is 0 Å². The summed E-state index contributed by atoms with van der Waals surface area (Å²) in [5, 5.41) is 12.0. The van der Waals surface area contributed by atoms with Crippen molar-refractivity contribution in [3.63, 3.8) is 0 Å². The largest absolute Gasteiger partial charge is 0.469 e. The summed E-state index contributed by atoms with van der Waals surface area (Å²) in [5.74, 6) is -0.400. The number of carbonyl (C=O) groups excluding carboxylic acids is 1. The average Bonchev–Trinajstić information content (AvgIpc) is 2.43. The second-order valence-corrected chi connectivity index (χ2v) is 4.29. The molecule has 2 atom stereocenters. The Bertz CT molecular complexity index is 434. The predicted molar refractivity (Wildman–Crippen MR) is 68.6 cm³/mol. The number of esters is 1. The van der Waals surface area contributed by atoms with Crippen LogP contribution in [0.15, 0.2) is 24.3 Å². The van der Waals surface area contributed by atoms with Crippen molar-refractivity contribution in [3.8, 4) is 6.07 Å². The monoisotopic (exact) mass is 246 g/mol. The van der Waals surface area contributed by atoms with Gasteiger partial charge in [0, 0.05) is 12.6 Å². The molecule has 0 amide bonds. The fraction of sp³-hybridized carbons (Fsp3) is 0.429. The highest BCUT2D eigenvalue weighted by molar-refractivity contribution is 5.72. The van der Waals surface area contributed by atoms with E-state index in [0.717, 1.165) is 5.56 Å². The zero-order valence-electron chi connectivity index (χ0n) is 10.9. The van der Waals surface area contributed by atoms with Crippen LogP contribution >= 0.6 is 0 Å². The van der Waals surface area contributed by atoms with Crippen LogP contribution in [0.2, 0.25) is 0 Å². The number of nitriles is 1. The summed E-state index contributed by atoms with van der Waals surface area (Å²) in [6.45, 7) is 4.45. The topological polar surface area (TPSA) is 62.1 Å². The molecule has 1 rings (SSSR count). The Balaban J connectivity index is 2.49. The smallest absolute Gasteiger partial charge is 0.309 e. The Labute approximate surface area is 108 Å². The van der Waals surface area contributed by atoms with E-state index in [9.17, 15) is 4.79 Å². The lowest BCUT2D eigenvalue weighted by Gasteiger charge is -2.19. The summed E-state index contributed by atoms with van der Waals surface area (Å²) in [6.07, 6.45) is 0. The predicted octanol–water partition coefficient (Wildman–Crippen LogP) is 1.85. The van der Waals surface area contributed by atoms with Crippen LogP contribution in [-0.4, -0.2) is 19.1 Å². The minimum Gasteiger partial charge on any atom is -0.469 e. The molecule has 0 aliphatic rings. The molecule has 1 N–H and O–H groups in total. The molecule has 0 saturated carbocycles. The molecule has 4 nitrogen and oxygen atoms in total. The molecule has 2 unspecified atom stereocenters. The van der Waals surface area contributed by atoms with Gasteiger partial charge in [0.05, 0.1) is 24.7 Å². The van der Waals surface area contributed by atoms with Crippen molar-refractivity contribution in [2.45, 2.75) is 26.4 Å². The van der Waals surface area contributed by atoms with E-state index in [4.69, 9.17) is 10.00 Å². The first-order valence-electron chi connectivity index (χ1n) is 5.88. The van der Waals surface area contributed by atoms with Gasteiger partial charge in [-0.1, -0.05) is 19.1 Å². The minimum atomic E-state index is -0.213. The molecule has 0 aliphatic heterocycles. The van der Waals surface area contributed by atoms with Gasteiger partial charge in [0.25, 0.3) is 0 Å². The number of carbonyl (C=O) groups is 1. The molecule has 1 aromatic carbocycles. The van der Waals surface area contributed by atoms with Gasteiger partial charge in [-0.15, -0.1) is 0 Å². The number of ether oxygens (including phenoxy) is 1. The normalized spacial score (nSPS) is 13.4. The van der Waals surface area contributed by atoms with Crippen LogP contribution in [0.5, 0.6) is 0 Å². The van der Waals surface area contributed by atoms with Gasteiger partial charge in [0.15, 0.2) is 0 Å². The number of hydrogen-bond acceptors (Lipinski definition) is 4. The first-order valence-corrected chi connectivity index (χ1v) is 5.88. The molecule has 0 saturated heterocycles. The van der Waals surface area contributed by atoms with Crippen molar-refractivity contribution in [3.05, 3.63) is 35.4 Å². The molecular formula is C14H18N2O2. The lowest BCUT2D eigenvalue weighted by Crippen LogP contribution is -2.36. The first kappa shape index (κ1) is 14.2. The Hall–Kier alpha value is -1.86. The molecule has 0 bridgehead atoms. The fourth-order valence-electron chi connectivity index (χ4n) is 1.54. The maximum Gasteiger partial charge on any atom is 0.309 e. The second kappa shape index (κ2) is 6.77. The van der Waals surface area contributed by atoms with Crippen LogP contribution in [0.25, 0.3) is 0 Å². The highest BCUT2D eigenvalue weighted by Crippen LogP contribution is 2.07. The van der Waals surface area contributed by atoms with Crippen LogP contribution in [0.4, 0.5) is 0 Å². The van der Waals surface area contributed by atoms with Crippen LogP contribution in [0.3, 0.4) is 0 Å². The summed E-state index contributed by atoms with van der Waals surface area (Å²) in [4.78, 5) is 11.3. The van der Waals surface area contributed by atoms with E-state index in [1.165, 1.54) is 7.11 Å². The van der Waals surface area contributed by atoms with Crippen molar-refractivity contribution in [2.75, 3.05) is 7.11 Å². The number of nitrogens with zero attached hydrogens (tertiary/aromatic N) is 1. The lowest BCUT2D eigenvalue weighted by molar-refractivity contribution is -0.145. The molecule has 0 spiro atoms. The van der Waals surface area contributed by atoms with Crippen molar-refractivity contribution in [1.82, 2.24) is 5.32 Å². The number of benzene rings is 1. The van der Waals surface area contributed by atoms with Gasteiger partial charge in [-0.25, -0.2) is 0 Å². The quantitative estimate of drug-likeness (QED) is 0.805. The molecule has 0 heterocycles. The van der Waals surface area contributed by atoms with Gasteiger partial charge in [-0.05, 0) is 24.6 Å². The number of rotatable bonds is 5. The van der Waals surface area contributed by atoms with E-state index in [1.807, 2.05) is 26.0 Å². The maximum atomic E-state index is 11.3. The molecule has 96 valence electrons. The van der Waals surface area contributed by atoms with Crippen molar-refractivity contribution in [1.29, 1.82) is 5.26 Å². The molecule has 1 aromatic rings. The zero-order chi connectivity index (χ0) is 13.5. The standard InChI is InChI=1S/C14H18N2O2/c1-10(14(17)18-3)11(2)16-9-13-6-4-12(8-15)5-7-13/h4-7,10-11,16H,9H2,1-3H3. The summed E-state index contributed by atoms with van der Waals surface area (Å²) in [5.41, 5.74) is 1.73. The summed E-state index contributed by atoms with van der Waals surface area (Å²) < 4.78 is 4.70. The molecule has 18 heavy (non-hydrogen) atoms. The lowest BCUT2D eigenvalue weighted by atomic mass is 10.0. The van der Waals surface area contributed by atoms with Crippen LogP contribution in [0.1, 0.15) is 25.0 Å². The molecule has 0 aliphatic carbocycles. The van der Waals surface area contributed by atoms with Crippen LogP contribution in [-0.2, 0) is 16.1 Å². The Morgan fingerprint density at radius 2 is 2.00 bits per heavy atom. The third kappa shape index (κ3) is 3.86. The van der Waals surface area contributed by atoms with Gasteiger partial charge >= 0.3 is 5.97 Å². The molecule has 0 fully saturated rings. The summed E-state index contributed by atoms with van der Waals surface area (Å²) in [6, 6.07) is 9.49. The van der Waals surface area contributed by atoms with Crippen LogP contribution in [0, 0.1) is 17.2 Å². The SMILES string of the molecule is COC(=O)C(C)C(C)NCc1ccc(C#N)cc1. The van der Waals surface area contributed by atoms with E-state index in [2.05, 4.69) is 11.4 Å². The number of nitrogens with one attached hydrogen (secondary N) is 1. The van der Waals surface area contributed by atoms with Crippen molar-refractivity contribution in [2.24, 2.45) is 5.92 Å². The Kier molecular flexibility index (Phi) is 5.34. The van der Waals surface area contributed by atoms with E-state index < -0.39 is 0 Å². The summed E-state index contributed by atoms with van der Waals surface area (Å²) in [7, 11) is 1.40. The van der Waals surface area contributed by atoms with Crippen LogP contribution < -0.4 is 5.32 Å². The van der Waals surface area contributed by atoms with E-state index in [1.54, 1.807) is 12.1 Å². The molecule has 0 aromatic heterocycles. The minimum absolute atomic E-state index is 0.0353. The third-order valence-electron chi connectivity index (χ3n) is 3.03. The number of hydrogen-bond donors (Lipinski definition) is 1. The third-order valence-corrected chi connectivity index (χ3v) is 3.03. The highest BCUT2D eigenvalue weighted by Gasteiger charge is 2.19. The summed E-state index contributed by atoms with van der Waals surface area (Å²) >= 11 is 0. The van der Waals surface area contributed by atoms with Crippen molar-refractivity contribution < 1.29 is 9.53 Å². The van der Waals surface area contributed by atoms with Gasteiger partial charge in [0.1, 0.15) is 0 Å². The van der Waals surface area contributed by atoms with Crippen molar-refractivity contribution >= 4 is 5.97 Å². The second-order valence-electron chi connectivity index (χ2n) is 4.29. The Morgan fingerprint density at radius 3 is 2.50 bits per heavy atom. The average molecular weight is 246 g/mol. The highest BCUT2D eigenvalue weighted by atomic mass is 16.5.